The molecule has 18 heavy (non-hydrogen) atoms. The standard InChI is InChI=1S/C13H19N3O2/c17-13(14-7-9-3-1-2-4-9)12-10-8-18-6-5-11(10)15-16-12/h9H,1-8H2,(H,14,17)(H,15,16). The number of H-pyrrole nitrogens is 1. The number of nitrogens with one attached hydrogen (secondary N) is 2. The summed E-state index contributed by atoms with van der Waals surface area (Å²) in [6, 6.07) is 0. The highest BCUT2D eigenvalue weighted by molar-refractivity contribution is 5.93. The molecule has 2 aliphatic rings. The Balaban J connectivity index is 1.63. The number of fused-ring (bicyclic) bond motifs is 1. The topological polar surface area (TPSA) is 67.0 Å². The van der Waals surface area contributed by atoms with Crippen LogP contribution in [0, 0.1) is 5.92 Å². The summed E-state index contributed by atoms with van der Waals surface area (Å²) in [5, 5.41) is 10.1. The summed E-state index contributed by atoms with van der Waals surface area (Å²) in [4.78, 5) is 12.1. The highest BCUT2D eigenvalue weighted by Gasteiger charge is 2.23. The molecule has 1 saturated carbocycles. The number of nitrogens with zero attached hydrogens (tertiary/aromatic N) is 1. The van der Waals surface area contributed by atoms with E-state index in [1.807, 2.05) is 0 Å². The minimum absolute atomic E-state index is 0.0649. The van der Waals surface area contributed by atoms with Crippen LogP contribution in [0.3, 0.4) is 0 Å². The summed E-state index contributed by atoms with van der Waals surface area (Å²) >= 11 is 0. The fourth-order valence-corrected chi connectivity index (χ4v) is 2.84. The van der Waals surface area contributed by atoms with E-state index >= 15 is 0 Å². The van der Waals surface area contributed by atoms with Crippen LogP contribution in [-0.2, 0) is 17.8 Å². The molecule has 0 unspecified atom stereocenters. The predicted octanol–water partition coefficient (Wildman–Crippen LogP) is 1.40. The molecule has 1 aliphatic carbocycles. The maximum atomic E-state index is 12.1. The van der Waals surface area contributed by atoms with Gasteiger partial charge in [0.05, 0.1) is 13.2 Å². The molecule has 5 nitrogen and oxygen atoms in total. The summed E-state index contributed by atoms with van der Waals surface area (Å²) in [5.74, 6) is 0.588. The van der Waals surface area contributed by atoms with Crippen molar-refractivity contribution in [3.8, 4) is 0 Å². The van der Waals surface area contributed by atoms with Crippen LogP contribution in [0.1, 0.15) is 47.4 Å². The van der Waals surface area contributed by atoms with Gasteiger partial charge >= 0.3 is 0 Å². The van der Waals surface area contributed by atoms with Crippen LogP contribution in [-0.4, -0.2) is 29.3 Å². The Bertz CT molecular complexity index is 435. The lowest BCUT2D eigenvalue weighted by Crippen LogP contribution is -2.29. The van der Waals surface area contributed by atoms with Crippen molar-refractivity contribution in [3.05, 3.63) is 17.0 Å². The Morgan fingerprint density at radius 2 is 2.28 bits per heavy atom. The smallest absolute Gasteiger partial charge is 0.272 e. The fourth-order valence-electron chi connectivity index (χ4n) is 2.84. The van der Waals surface area contributed by atoms with Crippen LogP contribution in [0.2, 0.25) is 0 Å². The third kappa shape index (κ3) is 2.27. The Labute approximate surface area is 106 Å². The Morgan fingerprint density at radius 1 is 1.44 bits per heavy atom. The first kappa shape index (κ1) is 11.7. The van der Waals surface area contributed by atoms with E-state index in [4.69, 9.17) is 4.74 Å². The lowest BCUT2D eigenvalue weighted by molar-refractivity contribution is 0.0919. The first-order valence-electron chi connectivity index (χ1n) is 6.76. The molecule has 5 heteroatoms. The number of carbonyl (C=O) groups is 1. The normalized spacial score (nSPS) is 19.8. The second-order valence-electron chi connectivity index (χ2n) is 5.19. The molecule has 2 heterocycles. The summed E-state index contributed by atoms with van der Waals surface area (Å²) < 4.78 is 5.38. The van der Waals surface area contributed by atoms with Crippen molar-refractivity contribution in [1.29, 1.82) is 0 Å². The Hall–Kier alpha value is -1.36. The molecule has 98 valence electrons. The monoisotopic (exact) mass is 249 g/mol. The summed E-state index contributed by atoms with van der Waals surface area (Å²) in [5.41, 5.74) is 2.50. The number of carbonyl (C=O) groups excluding carboxylic acids is 1. The van der Waals surface area contributed by atoms with E-state index in [1.165, 1.54) is 25.7 Å². The molecular formula is C13H19N3O2. The van der Waals surface area contributed by atoms with E-state index in [1.54, 1.807) is 0 Å². The van der Waals surface area contributed by atoms with Crippen LogP contribution in [0.5, 0.6) is 0 Å². The molecule has 2 N–H and O–H groups in total. The quantitative estimate of drug-likeness (QED) is 0.851. The molecule has 3 rings (SSSR count). The van der Waals surface area contributed by atoms with E-state index in [0.717, 1.165) is 24.2 Å². The maximum Gasteiger partial charge on any atom is 0.272 e. The van der Waals surface area contributed by atoms with Crippen LogP contribution in [0.15, 0.2) is 0 Å². The van der Waals surface area contributed by atoms with Gasteiger partial charge in [-0.3, -0.25) is 9.89 Å². The van der Waals surface area contributed by atoms with Crippen molar-refractivity contribution in [1.82, 2.24) is 15.5 Å². The van der Waals surface area contributed by atoms with E-state index in [2.05, 4.69) is 15.5 Å². The Kier molecular flexibility index (Phi) is 3.32. The number of hydrogen-bond acceptors (Lipinski definition) is 3. The van der Waals surface area contributed by atoms with Crippen molar-refractivity contribution in [3.63, 3.8) is 0 Å². The first-order chi connectivity index (χ1) is 8.84. The van der Waals surface area contributed by atoms with Crippen LogP contribution in [0.25, 0.3) is 0 Å². The molecule has 1 aliphatic heterocycles. The molecule has 0 saturated heterocycles. The number of aromatic nitrogens is 2. The van der Waals surface area contributed by atoms with Gasteiger partial charge in [-0.2, -0.15) is 5.10 Å². The lowest BCUT2D eigenvalue weighted by Gasteiger charge is -2.13. The largest absolute Gasteiger partial charge is 0.376 e. The van der Waals surface area contributed by atoms with Gasteiger partial charge in [0.1, 0.15) is 0 Å². The number of amides is 1. The molecule has 1 aromatic rings. The van der Waals surface area contributed by atoms with Gasteiger partial charge in [0, 0.05) is 24.2 Å². The number of aromatic amines is 1. The van der Waals surface area contributed by atoms with Gasteiger partial charge in [-0.25, -0.2) is 0 Å². The van der Waals surface area contributed by atoms with E-state index in [0.29, 0.717) is 24.8 Å². The van der Waals surface area contributed by atoms with Crippen molar-refractivity contribution < 1.29 is 9.53 Å². The molecule has 0 atom stereocenters. The second-order valence-corrected chi connectivity index (χ2v) is 5.19. The van der Waals surface area contributed by atoms with E-state index in [-0.39, 0.29) is 5.91 Å². The van der Waals surface area contributed by atoms with Gasteiger partial charge in [-0.1, -0.05) is 12.8 Å². The minimum Gasteiger partial charge on any atom is -0.376 e. The average Bonchev–Trinajstić information content (AvgIpc) is 3.05. The lowest BCUT2D eigenvalue weighted by atomic mass is 10.1. The predicted molar refractivity (Wildman–Crippen MR) is 66.2 cm³/mol. The SMILES string of the molecule is O=C(NCC1CCCC1)c1n[nH]c2c1COCC2. The van der Waals surface area contributed by atoms with Crippen LogP contribution in [0.4, 0.5) is 0 Å². The van der Waals surface area contributed by atoms with Gasteiger partial charge in [-0.15, -0.1) is 0 Å². The zero-order valence-corrected chi connectivity index (χ0v) is 10.5. The number of rotatable bonds is 3. The van der Waals surface area contributed by atoms with Crippen molar-refractivity contribution >= 4 is 5.91 Å². The summed E-state index contributed by atoms with van der Waals surface area (Å²) in [6.07, 6.45) is 5.89. The molecule has 1 fully saturated rings. The molecule has 0 spiro atoms. The van der Waals surface area contributed by atoms with E-state index < -0.39 is 0 Å². The zero-order chi connectivity index (χ0) is 12.4. The van der Waals surface area contributed by atoms with Gasteiger partial charge in [-0.05, 0) is 18.8 Å². The fraction of sp³-hybridized carbons (Fsp3) is 0.692. The summed E-state index contributed by atoms with van der Waals surface area (Å²) in [6.45, 7) is 1.98. The highest BCUT2D eigenvalue weighted by atomic mass is 16.5. The number of ether oxygens (including phenoxy) is 1. The zero-order valence-electron chi connectivity index (χ0n) is 10.5. The molecule has 0 radical (unpaired) electrons. The van der Waals surface area contributed by atoms with Gasteiger partial charge < -0.3 is 10.1 Å². The maximum absolute atomic E-state index is 12.1. The van der Waals surface area contributed by atoms with Crippen LogP contribution >= 0.6 is 0 Å². The second kappa shape index (κ2) is 5.10. The van der Waals surface area contributed by atoms with Gasteiger partial charge in [0.25, 0.3) is 5.91 Å². The third-order valence-corrected chi connectivity index (χ3v) is 3.94. The van der Waals surface area contributed by atoms with Crippen molar-refractivity contribution in [2.45, 2.75) is 38.7 Å². The van der Waals surface area contributed by atoms with Crippen LogP contribution < -0.4 is 5.32 Å². The van der Waals surface area contributed by atoms with Gasteiger partial charge in [0.15, 0.2) is 5.69 Å². The van der Waals surface area contributed by atoms with Gasteiger partial charge in [0.2, 0.25) is 0 Å². The van der Waals surface area contributed by atoms with E-state index in [9.17, 15) is 4.79 Å². The molecule has 0 bridgehead atoms. The molecule has 1 amide bonds. The third-order valence-electron chi connectivity index (χ3n) is 3.94. The van der Waals surface area contributed by atoms with Crippen molar-refractivity contribution in [2.24, 2.45) is 5.92 Å². The summed E-state index contributed by atoms with van der Waals surface area (Å²) in [7, 11) is 0. The molecule has 1 aromatic heterocycles. The highest BCUT2D eigenvalue weighted by Crippen LogP contribution is 2.24. The minimum atomic E-state index is -0.0649. The first-order valence-corrected chi connectivity index (χ1v) is 6.76. The average molecular weight is 249 g/mol. The Morgan fingerprint density at radius 3 is 3.11 bits per heavy atom. The molecular weight excluding hydrogens is 230 g/mol. The molecule has 0 aromatic carbocycles. The van der Waals surface area contributed by atoms with Crippen molar-refractivity contribution in [2.75, 3.05) is 13.2 Å². The number of hydrogen-bond donors (Lipinski definition) is 2.